The second-order valence-electron chi connectivity index (χ2n) is 6.41. The number of carboxylic acids is 1. The number of carbonyl (C=O) groups excluding carboxylic acids is 1. The van der Waals surface area contributed by atoms with Gasteiger partial charge in [0.25, 0.3) is 5.91 Å². The van der Waals surface area contributed by atoms with Crippen LogP contribution in [0.1, 0.15) is 11.1 Å². The van der Waals surface area contributed by atoms with E-state index in [2.05, 4.69) is 10.3 Å². The lowest BCUT2D eigenvalue weighted by molar-refractivity contribution is -0.136. The Balaban J connectivity index is 1.41. The largest absolute Gasteiger partial charge is 0.481 e. The van der Waals surface area contributed by atoms with Crippen LogP contribution in [0.15, 0.2) is 83.0 Å². The molecule has 1 amide bonds. The van der Waals surface area contributed by atoms with E-state index in [1.54, 1.807) is 24.3 Å². The number of nitrogens with one attached hydrogen (secondary N) is 1. The number of aliphatic carboxylic acids is 1. The van der Waals surface area contributed by atoms with Crippen LogP contribution in [0.3, 0.4) is 0 Å². The highest BCUT2D eigenvalue weighted by molar-refractivity contribution is 8.18. The highest BCUT2D eigenvalue weighted by atomic mass is 32.2. The molecule has 2 aromatic carbocycles. The maximum Gasteiger partial charge on any atom is 0.307 e. The van der Waals surface area contributed by atoms with Crippen molar-refractivity contribution in [3.63, 3.8) is 0 Å². The number of rotatable bonds is 5. The molecular weight excluding hydrogens is 386 g/mol. The number of amidine groups is 1. The van der Waals surface area contributed by atoms with Crippen LogP contribution >= 0.6 is 11.8 Å². The lowest BCUT2D eigenvalue weighted by Crippen LogP contribution is -2.05. The van der Waals surface area contributed by atoms with E-state index in [1.165, 1.54) is 11.8 Å². The molecule has 0 radical (unpaired) electrons. The van der Waals surface area contributed by atoms with Gasteiger partial charge in [-0.3, -0.25) is 9.59 Å². The predicted octanol–water partition coefficient (Wildman–Crippen LogP) is 4.19. The van der Waals surface area contributed by atoms with Crippen LogP contribution in [-0.2, 0) is 16.0 Å². The zero-order chi connectivity index (χ0) is 20.2. The molecule has 6 nitrogen and oxygen atoms in total. The monoisotopic (exact) mass is 403 g/mol. The van der Waals surface area contributed by atoms with E-state index < -0.39 is 5.97 Å². The van der Waals surface area contributed by atoms with E-state index in [-0.39, 0.29) is 12.3 Å². The molecule has 1 aromatic heterocycles. The van der Waals surface area contributed by atoms with Crippen molar-refractivity contribution < 1.29 is 14.7 Å². The summed E-state index contributed by atoms with van der Waals surface area (Å²) in [6.07, 6.45) is 5.75. The molecule has 0 saturated carbocycles. The summed E-state index contributed by atoms with van der Waals surface area (Å²) in [5.41, 5.74) is 3.43. The van der Waals surface area contributed by atoms with Crippen LogP contribution in [-0.4, -0.2) is 26.7 Å². The number of aromatic nitrogens is 1. The van der Waals surface area contributed by atoms with Gasteiger partial charge in [0.05, 0.1) is 11.3 Å². The van der Waals surface area contributed by atoms with Gasteiger partial charge in [-0.05, 0) is 65.4 Å². The molecule has 144 valence electrons. The Morgan fingerprint density at radius 1 is 1.07 bits per heavy atom. The molecule has 4 rings (SSSR count). The molecule has 0 fully saturated rings. The van der Waals surface area contributed by atoms with Crippen LogP contribution < -0.4 is 5.32 Å². The molecule has 0 bridgehead atoms. The Kier molecular flexibility index (Phi) is 5.31. The summed E-state index contributed by atoms with van der Waals surface area (Å²) >= 11 is 1.28. The second-order valence-corrected chi connectivity index (χ2v) is 7.44. The van der Waals surface area contributed by atoms with Gasteiger partial charge in [-0.25, -0.2) is 0 Å². The molecule has 0 saturated heterocycles. The minimum Gasteiger partial charge on any atom is -0.481 e. The topological polar surface area (TPSA) is 83.7 Å². The molecule has 0 unspecified atom stereocenters. The van der Waals surface area contributed by atoms with Crippen molar-refractivity contribution in [2.45, 2.75) is 6.42 Å². The highest BCUT2D eigenvalue weighted by Crippen LogP contribution is 2.29. The molecule has 1 aliphatic heterocycles. The minimum atomic E-state index is -0.872. The zero-order valence-corrected chi connectivity index (χ0v) is 16.1. The summed E-state index contributed by atoms with van der Waals surface area (Å²) in [5, 5.41) is 12.4. The summed E-state index contributed by atoms with van der Waals surface area (Å²) in [7, 11) is 0. The Morgan fingerprint density at radius 2 is 1.76 bits per heavy atom. The Bertz CT molecular complexity index is 1100. The number of amides is 1. The summed E-state index contributed by atoms with van der Waals surface area (Å²) in [6.45, 7) is 0. The molecule has 0 atom stereocenters. The predicted molar refractivity (Wildman–Crippen MR) is 115 cm³/mol. The van der Waals surface area contributed by atoms with Gasteiger partial charge in [0.2, 0.25) is 0 Å². The highest BCUT2D eigenvalue weighted by Gasteiger charge is 2.22. The third-order valence-electron chi connectivity index (χ3n) is 4.27. The number of aliphatic imine (C=N–C) groups is 1. The number of thioether (sulfide) groups is 1. The first-order valence-corrected chi connectivity index (χ1v) is 9.72. The first-order valence-electron chi connectivity index (χ1n) is 8.90. The van der Waals surface area contributed by atoms with Crippen LogP contribution in [0.2, 0.25) is 0 Å². The number of nitrogens with zero attached hydrogens (tertiary/aromatic N) is 2. The van der Waals surface area contributed by atoms with Crippen LogP contribution in [0.25, 0.3) is 11.8 Å². The van der Waals surface area contributed by atoms with Gasteiger partial charge < -0.3 is 15.0 Å². The van der Waals surface area contributed by atoms with E-state index in [0.717, 1.165) is 16.9 Å². The van der Waals surface area contributed by atoms with Crippen molar-refractivity contribution in [2.24, 2.45) is 4.99 Å². The van der Waals surface area contributed by atoms with Gasteiger partial charge in [-0.15, -0.1) is 0 Å². The quantitative estimate of drug-likeness (QED) is 0.624. The average molecular weight is 403 g/mol. The lowest BCUT2D eigenvalue weighted by Gasteiger charge is -2.05. The number of benzene rings is 2. The lowest BCUT2D eigenvalue weighted by atomic mass is 10.1. The fourth-order valence-corrected chi connectivity index (χ4v) is 3.70. The first-order chi connectivity index (χ1) is 14.1. The average Bonchev–Trinajstić information content (AvgIpc) is 3.34. The SMILES string of the molecule is O=C(O)Cc1ccc(NC2=NC(=O)/C(=C/c3ccc(-n4cccc4)cc3)S2)cc1. The first kappa shape index (κ1) is 18.8. The molecule has 0 spiro atoms. The second kappa shape index (κ2) is 8.20. The maximum absolute atomic E-state index is 12.2. The summed E-state index contributed by atoms with van der Waals surface area (Å²) in [4.78, 5) is 27.6. The molecule has 29 heavy (non-hydrogen) atoms. The minimum absolute atomic E-state index is 0.0233. The van der Waals surface area contributed by atoms with Gasteiger partial charge in [-0.1, -0.05) is 24.3 Å². The van der Waals surface area contributed by atoms with Crippen molar-refractivity contribution >= 4 is 40.6 Å². The van der Waals surface area contributed by atoms with Crippen LogP contribution in [0.5, 0.6) is 0 Å². The van der Waals surface area contributed by atoms with Crippen molar-refractivity contribution in [2.75, 3.05) is 5.32 Å². The van der Waals surface area contributed by atoms with Crippen LogP contribution in [0, 0.1) is 0 Å². The number of hydrogen-bond acceptors (Lipinski definition) is 4. The Labute approximate surface area is 171 Å². The number of anilines is 1. The summed E-state index contributed by atoms with van der Waals surface area (Å²) < 4.78 is 2.01. The molecule has 7 heteroatoms. The summed E-state index contributed by atoms with van der Waals surface area (Å²) in [5.74, 6) is -1.15. The molecule has 0 aliphatic carbocycles. The Hall–Kier alpha value is -3.58. The number of hydrogen-bond donors (Lipinski definition) is 2. The van der Waals surface area contributed by atoms with E-state index >= 15 is 0 Å². The van der Waals surface area contributed by atoms with Crippen molar-refractivity contribution in [3.8, 4) is 5.69 Å². The fraction of sp³-hybridized carbons (Fsp3) is 0.0455. The van der Waals surface area contributed by atoms with Gasteiger partial charge in [0, 0.05) is 23.8 Å². The van der Waals surface area contributed by atoms with E-state index in [9.17, 15) is 9.59 Å². The molecular formula is C22H17N3O3S. The maximum atomic E-state index is 12.2. The third-order valence-corrected chi connectivity index (χ3v) is 5.17. The number of carbonyl (C=O) groups is 2. The van der Waals surface area contributed by atoms with Gasteiger partial charge >= 0.3 is 5.97 Å². The Morgan fingerprint density at radius 3 is 2.41 bits per heavy atom. The zero-order valence-electron chi connectivity index (χ0n) is 15.3. The smallest absolute Gasteiger partial charge is 0.307 e. The molecule has 1 aliphatic rings. The molecule has 2 N–H and O–H groups in total. The van der Waals surface area contributed by atoms with E-state index in [0.29, 0.717) is 15.6 Å². The third kappa shape index (κ3) is 4.64. The molecule has 3 aromatic rings. The fourth-order valence-electron chi connectivity index (χ4n) is 2.87. The number of carboxylic acid groups (broad SMARTS) is 1. The molecule has 2 heterocycles. The van der Waals surface area contributed by atoms with Crippen molar-refractivity contribution in [3.05, 3.63) is 89.1 Å². The van der Waals surface area contributed by atoms with Crippen LogP contribution in [0.4, 0.5) is 5.69 Å². The van der Waals surface area contributed by atoms with Gasteiger partial charge in [-0.2, -0.15) is 4.99 Å². The van der Waals surface area contributed by atoms with Crippen molar-refractivity contribution in [1.29, 1.82) is 0 Å². The van der Waals surface area contributed by atoms with Gasteiger partial charge in [0.15, 0.2) is 5.17 Å². The normalized spacial score (nSPS) is 14.8. The van der Waals surface area contributed by atoms with Gasteiger partial charge in [0.1, 0.15) is 0 Å². The van der Waals surface area contributed by atoms with Crippen molar-refractivity contribution in [1.82, 2.24) is 4.57 Å². The van der Waals surface area contributed by atoms with E-state index in [1.807, 2.05) is 59.4 Å². The standard InChI is InChI=1S/C22H17N3O3S/c26-20(27)14-16-3-7-17(8-4-16)23-22-24-21(28)19(29-22)13-15-5-9-18(10-6-15)25-11-1-2-12-25/h1-13H,14H2,(H,26,27)(H,23,24,28)/b19-13-. The summed E-state index contributed by atoms with van der Waals surface area (Å²) in [6, 6.07) is 18.9. The van der Waals surface area contributed by atoms with E-state index in [4.69, 9.17) is 5.11 Å².